The molecule has 0 atom stereocenters. The van der Waals surface area contributed by atoms with E-state index in [1.54, 1.807) is 6.07 Å². The van der Waals surface area contributed by atoms with Crippen molar-refractivity contribution in [3.05, 3.63) is 69.9 Å². The van der Waals surface area contributed by atoms with Crippen LogP contribution >= 0.6 is 22.6 Å². The number of carboxylic acids is 1. The number of halogens is 1. The Morgan fingerprint density at radius 3 is 2.54 bits per heavy atom. The third kappa shape index (κ3) is 3.62. The Kier molecular flexibility index (Phi) is 6.29. The maximum atomic E-state index is 11.5. The van der Waals surface area contributed by atoms with Crippen LogP contribution in [0.1, 0.15) is 17.4 Å². The van der Waals surface area contributed by atoms with E-state index in [4.69, 9.17) is 4.74 Å². The Bertz CT molecular complexity index is 1190. The van der Waals surface area contributed by atoms with Gasteiger partial charge in [-0.3, -0.25) is 0 Å². The Balaban J connectivity index is 0.00000225. The second-order valence-corrected chi connectivity index (χ2v) is 7.25. The summed E-state index contributed by atoms with van der Waals surface area (Å²) in [4.78, 5) is 15.9. The van der Waals surface area contributed by atoms with Gasteiger partial charge in [0, 0.05) is 29.8 Å². The van der Waals surface area contributed by atoms with E-state index < -0.39 is 5.97 Å². The van der Waals surface area contributed by atoms with E-state index in [1.807, 2.05) is 37.3 Å². The molecular formula is C22H16ILiNO3. The molecule has 4 aromatic rings. The number of aromatic carboxylic acids is 1. The van der Waals surface area contributed by atoms with E-state index in [-0.39, 0.29) is 24.6 Å². The van der Waals surface area contributed by atoms with Gasteiger partial charge in [0.2, 0.25) is 0 Å². The van der Waals surface area contributed by atoms with E-state index >= 15 is 0 Å². The van der Waals surface area contributed by atoms with Crippen LogP contribution in [0, 0.1) is 3.57 Å². The minimum atomic E-state index is -1.04. The van der Waals surface area contributed by atoms with Crippen LogP contribution in [0.5, 0.6) is 5.75 Å². The number of hydrogen-bond acceptors (Lipinski definition) is 3. The molecule has 0 fully saturated rings. The number of nitrogens with zero attached hydrogens (tertiary/aromatic N) is 1. The number of aromatic nitrogens is 1. The molecular weight excluding hydrogens is 460 g/mol. The van der Waals surface area contributed by atoms with Crippen molar-refractivity contribution >= 4 is 69.1 Å². The van der Waals surface area contributed by atoms with Gasteiger partial charge >= 0.3 is 5.97 Å². The number of carboxylic acid groups (broad SMARTS) is 1. The van der Waals surface area contributed by atoms with Crippen molar-refractivity contribution in [3.63, 3.8) is 0 Å². The molecule has 4 rings (SSSR count). The fourth-order valence-corrected chi connectivity index (χ4v) is 4.07. The molecule has 0 aliphatic rings. The first-order valence-electron chi connectivity index (χ1n) is 8.57. The van der Waals surface area contributed by atoms with Crippen LogP contribution in [0.25, 0.3) is 32.8 Å². The predicted octanol–water partition coefficient (Wildman–Crippen LogP) is 5.38. The number of ether oxygens (including phenoxy) is 1. The molecule has 6 heteroatoms. The van der Waals surface area contributed by atoms with Gasteiger partial charge in [-0.2, -0.15) is 0 Å². The van der Waals surface area contributed by atoms with Gasteiger partial charge in [0.25, 0.3) is 0 Å². The van der Waals surface area contributed by atoms with Crippen LogP contribution < -0.4 is 4.74 Å². The fourth-order valence-electron chi connectivity index (χ4n) is 3.31. The van der Waals surface area contributed by atoms with Gasteiger partial charge in [0.1, 0.15) is 11.4 Å². The molecule has 4 nitrogen and oxygen atoms in total. The van der Waals surface area contributed by atoms with E-state index in [0.717, 1.165) is 36.6 Å². The van der Waals surface area contributed by atoms with Crippen molar-refractivity contribution < 1.29 is 14.6 Å². The second-order valence-electron chi connectivity index (χ2n) is 6.09. The number of benzene rings is 3. The maximum Gasteiger partial charge on any atom is 0.354 e. The van der Waals surface area contributed by atoms with Crippen molar-refractivity contribution in [2.24, 2.45) is 0 Å². The number of fused-ring (bicyclic) bond motifs is 2. The van der Waals surface area contributed by atoms with Gasteiger partial charge in [-0.15, -0.1) is 0 Å². The van der Waals surface area contributed by atoms with E-state index in [0.29, 0.717) is 12.1 Å². The van der Waals surface area contributed by atoms with Crippen LogP contribution in [0.3, 0.4) is 0 Å². The summed E-state index contributed by atoms with van der Waals surface area (Å²) >= 11 is 2.26. The molecule has 0 spiro atoms. The van der Waals surface area contributed by atoms with Gasteiger partial charge < -0.3 is 9.84 Å². The van der Waals surface area contributed by atoms with Gasteiger partial charge in [0.05, 0.1) is 15.7 Å². The smallest absolute Gasteiger partial charge is 0.354 e. The molecule has 0 bridgehead atoms. The summed E-state index contributed by atoms with van der Waals surface area (Å²) in [6, 6.07) is 19.6. The quantitative estimate of drug-likeness (QED) is 0.318. The van der Waals surface area contributed by atoms with Crippen molar-refractivity contribution in [2.75, 3.05) is 6.61 Å². The average molecular weight is 476 g/mol. The number of pyridine rings is 1. The third-order valence-corrected chi connectivity index (χ3v) is 5.27. The van der Waals surface area contributed by atoms with Gasteiger partial charge in [0.15, 0.2) is 0 Å². The zero-order valence-corrected chi connectivity index (χ0v) is 17.7. The summed E-state index contributed by atoms with van der Waals surface area (Å²) in [6.07, 6.45) is 0. The first kappa shape index (κ1) is 20.7. The zero-order valence-electron chi connectivity index (χ0n) is 15.6. The summed E-state index contributed by atoms with van der Waals surface area (Å²) in [5.41, 5.74) is 2.58. The van der Waals surface area contributed by atoms with Crippen molar-refractivity contribution in [1.29, 1.82) is 0 Å². The minimum absolute atomic E-state index is 0. The molecule has 28 heavy (non-hydrogen) atoms. The monoisotopic (exact) mass is 476 g/mol. The Labute approximate surface area is 188 Å². The van der Waals surface area contributed by atoms with Crippen LogP contribution in [0.15, 0.2) is 60.7 Å². The molecule has 1 heterocycles. The first-order chi connectivity index (χ1) is 13.1. The largest absolute Gasteiger partial charge is 0.492 e. The van der Waals surface area contributed by atoms with E-state index in [1.165, 1.54) is 6.07 Å². The van der Waals surface area contributed by atoms with Gasteiger partial charge in [-0.05, 0) is 64.0 Å². The molecule has 0 aliphatic carbocycles. The molecule has 0 saturated carbocycles. The van der Waals surface area contributed by atoms with Crippen LogP contribution in [0.2, 0.25) is 0 Å². The van der Waals surface area contributed by atoms with Crippen LogP contribution in [0.4, 0.5) is 0 Å². The molecule has 0 aliphatic heterocycles. The molecule has 1 radical (unpaired) electrons. The van der Waals surface area contributed by atoms with Gasteiger partial charge in [-0.1, -0.05) is 42.5 Å². The van der Waals surface area contributed by atoms with Crippen LogP contribution in [-0.4, -0.2) is 41.5 Å². The molecule has 0 saturated heterocycles. The SMILES string of the molecule is CCOc1c(I)cc(-c2cccc3ccccc23)c2nc(C(=O)O)ccc12.[Li]. The standard InChI is InChI=1S/C22H16INO3.Li/c1-2-27-21-16-10-11-19(22(25)26)24-20(16)17(12-18(21)23)15-9-5-7-13-6-3-4-8-14(13)15;/h3-12H,2H2,1H3,(H,25,26);. The Morgan fingerprint density at radius 1 is 1.04 bits per heavy atom. The third-order valence-electron chi connectivity index (χ3n) is 4.47. The summed E-state index contributed by atoms with van der Waals surface area (Å²) < 4.78 is 6.80. The normalized spacial score (nSPS) is 10.6. The average Bonchev–Trinajstić information content (AvgIpc) is 2.69. The summed E-state index contributed by atoms with van der Waals surface area (Å²) in [5, 5.41) is 12.5. The molecule has 0 unspecified atom stereocenters. The van der Waals surface area contributed by atoms with Crippen molar-refractivity contribution in [2.45, 2.75) is 6.92 Å². The molecule has 1 aromatic heterocycles. The predicted molar refractivity (Wildman–Crippen MR) is 121 cm³/mol. The van der Waals surface area contributed by atoms with E-state index in [2.05, 4.69) is 45.8 Å². The Hall–Kier alpha value is -2.07. The number of rotatable bonds is 4. The molecule has 135 valence electrons. The number of hydrogen-bond donors (Lipinski definition) is 1. The molecule has 3 aromatic carbocycles. The second kappa shape index (κ2) is 8.52. The zero-order chi connectivity index (χ0) is 19.0. The summed E-state index contributed by atoms with van der Waals surface area (Å²) in [6.45, 7) is 2.46. The van der Waals surface area contributed by atoms with Gasteiger partial charge in [-0.25, -0.2) is 9.78 Å². The Morgan fingerprint density at radius 2 is 1.79 bits per heavy atom. The number of carbonyl (C=O) groups is 1. The van der Waals surface area contributed by atoms with Crippen molar-refractivity contribution in [3.8, 4) is 16.9 Å². The molecule has 1 N–H and O–H groups in total. The molecule has 0 amide bonds. The van der Waals surface area contributed by atoms with E-state index in [9.17, 15) is 9.90 Å². The first-order valence-corrected chi connectivity index (χ1v) is 9.65. The topological polar surface area (TPSA) is 59.4 Å². The van der Waals surface area contributed by atoms with Crippen molar-refractivity contribution in [1.82, 2.24) is 4.98 Å². The minimum Gasteiger partial charge on any atom is -0.492 e. The maximum absolute atomic E-state index is 11.5. The van der Waals surface area contributed by atoms with Crippen LogP contribution in [-0.2, 0) is 0 Å². The summed E-state index contributed by atoms with van der Waals surface area (Å²) in [5.74, 6) is -0.307. The summed E-state index contributed by atoms with van der Waals surface area (Å²) in [7, 11) is 0. The fraction of sp³-hybridized carbons (Fsp3) is 0.0909.